The van der Waals surface area contributed by atoms with Crippen molar-refractivity contribution in [3.05, 3.63) is 36.0 Å². The molecule has 1 heterocycles. The number of nitrogens with one attached hydrogen (secondary N) is 1. The lowest BCUT2D eigenvalue weighted by molar-refractivity contribution is -0.140. The molecule has 0 bridgehead atoms. The van der Waals surface area contributed by atoms with Gasteiger partial charge in [-0.05, 0) is 26.0 Å². The Morgan fingerprint density at radius 1 is 1.39 bits per heavy atom. The lowest BCUT2D eigenvalue weighted by Gasteiger charge is -2.09. The lowest BCUT2D eigenvalue weighted by atomic mass is 10.2. The van der Waals surface area contributed by atoms with Crippen LogP contribution in [0.5, 0.6) is 0 Å². The van der Waals surface area contributed by atoms with Gasteiger partial charge < -0.3 is 10.1 Å². The number of hydrogen-bond acceptors (Lipinski definition) is 4. The second kappa shape index (κ2) is 5.49. The number of nitrogens with zero attached hydrogens (tertiary/aromatic N) is 1. The van der Waals surface area contributed by atoms with E-state index >= 15 is 0 Å². The van der Waals surface area contributed by atoms with Crippen LogP contribution in [0, 0.1) is 6.92 Å². The minimum atomic E-state index is -0.259. The Kier molecular flexibility index (Phi) is 3.77. The number of carbonyl (C=O) groups excluding carboxylic acids is 1. The summed E-state index contributed by atoms with van der Waals surface area (Å²) in [5.41, 5.74) is 2.69. The zero-order valence-corrected chi connectivity index (χ0v) is 10.6. The van der Waals surface area contributed by atoms with Crippen molar-refractivity contribution in [3.8, 4) is 0 Å². The zero-order valence-electron chi connectivity index (χ0n) is 10.6. The molecule has 0 saturated heterocycles. The molecule has 0 spiro atoms. The zero-order chi connectivity index (χ0) is 13.0. The molecule has 0 aliphatic carbocycles. The van der Waals surface area contributed by atoms with E-state index in [2.05, 4.69) is 10.3 Å². The maximum Gasteiger partial charge on any atom is 0.325 e. The van der Waals surface area contributed by atoms with Crippen LogP contribution in [-0.4, -0.2) is 24.1 Å². The Morgan fingerprint density at radius 2 is 2.17 bits per heavy atom. The first kappa shape index (κ1) is 12.4. The Labute approximate surface area is 106 Å². The SMILES string of the molecule is CCOC(=O)CNc1cc2ccccc2nc1C. The first-order chi connectivity index (χ1) is 8.70. The molecular weight excluding hydrogens is 228 g/mol. The molecule has 0 radical (unpaired) electrons. The van der Waals surface area contributed by atoms with Gasteiger partial charge >= 0.3 is 5.97 Å². The number of fused-ring (bicyclic) bond motifs is 1. The van der Waals surface area contributed by atoms with Crippen LogP contribution in [0.15, 0.2) is 30.3 Å². The van der Waals surface area contributed by atoms with Crippen LogP contribution in [0.4, 0.5) is 5.69 Å². The summed E-state index contributed by atoms with van der Waals surface area (Å²) in [4.78, 5) is 15.8. The largest absolute Gasteiger partial charge is 0.465 e. The van der Waals surface area contributed by atoms with E-state index in [1.807, 2.05) is 37.3 Å². The minimum Gasteiger partial charge on any atom is -0.465 e. The number of aromatic nitrogens is 1. The number of pyridine rings is 1. The molecule has 4 nitrogen and oxygen atoms in total. The molecule has 0 saturated carbocycles. The molecule has 0 atom stereocenters. The highest BCUT2D eigenvalue weighted by Gasteiger charge is 2.05. The molecule has 0 unspecified atom stereocenters. The second-order valence-electron chi connectivity index (χ2n) is 3.97. The molecule has 0 amide bonds. The van der Waals surface area contributed by atoms with Crippen molar-refractivity contribution in [1.82, 2.24) is 4.98 Å². The van der Waals surface area contributed by atoms with Gasteiger partial charge in [0, 0.05) is 5.39 Å². The van der Waals surface area contributed by atoms with Gasteiger partial charge in [0.25, 0.3) is 0 Å². The molecular formula is C14H16N2O2. The van der Waals surface area contributed by atoms with Crippen molar-refractivity contribution >= 4 is 22.6 Å². The predicted molar refractivity (Wildman–Crippen MR) is 71.6 cm³/mol. The van der Waals surface area contributed by atoms with Crippen LogP contribution in [0.3, 0.4) is 0 Å². The fourth-order valence-corrected chi connectivity index (χ4v) is 1.77. The highest BCUT2D eigenvalue weighted by atomic mass is 16.5. The third kappa shape index (κ3) is 2.77. The van der Waals surface area contributed by atoms with Crippen LogP contribution >= 0.6 is 0 Å². The molecule has 94 valence electrons. The van der Waals surface area contributed by atoms with E-state index < -0.39 is 0 Å². The number of hydrogen-bond donors (Lipinski definition) is 1. The van der Waals surface area contributed by atoms with Gasteiger partial charge in [0.15, 0.2) is 0 Å². The van der Waals surface area contributed by atoms with E-state index in [0.717, 1.165) is 22.3 Å². The molecule has 1 aromatic heterocycles. The third-order valence-corrected chi connectivity index (χ3v) is 2.64. The summed E-state index contributed by atoms with van der Waals surface area (Å²) < 4.78 is 4.87. The average molecular weight is 244 g/mol. The summed E-state index contributed by atoms with van der Waals surface area (Å²) in [5, 5.41) is 4.10. The van der Waals surface area contributed by atoms with Crippen molar-refractivity contribution < 1.29 is 9.53 Å². The fraction of sp³-hybridized carbons (Fsp3) is 0.286. The number of para-hydroxylation sites is 1. The molecule has 2 aromatic rings. The van der Waals surface area contributed by atoms with Crippen LogP contribution in [-0.2, 0) is 9.53 Å². The van der Waals surface area contributed by atoms with Crippen LogP contribution in [0.25, 0.3) is 10.9 Å². The quantitative estimate of drug-likeness (QED) is 0.840. The second-order valence-corrected chi connectivity index (χ2v) is 3.97. The molecule has 0 aliphatic rings. The van der Waals surface area contributed by atoms with E-state index in [4.69, 9.17) is 4.74 Å². The summed E-state index contributed by atoms with van der Waals surface area (Å²) in [6.07, 6.45) is 0. The first-order valence-electron chi connectivity index (χ1n) is 5.96. The average Bonchev–Trinajstić information content (AvgIpc) is 2.36. The van der Waals surface area contributed by atoms with Crippen molar-refractivity contribution in [2.45, 2.75) is 13.8 Å². The summed E-state index contributed by atoms with van der Waals surface area (Å²) in [7, 11) is 0. The van der Waals surface area contributed by atoms with Gasteiger partial charge in [-0.2, -0.15) is 0 Å². The van der Waals surface area contributed by atoms with Gasteiger partial charge in [0.1, 0.15) is 6.54 Å². The molecule has 0 aliphatic heterocycles. The van der Waals surface area contributed by atoms with Gasteiger partial charge in [0.05, 0.1) is 23.5 Å². The number of anilines is 1. The summed E-state index contributed by atoms with van der Waals surface area (Å²) >= 11 is 0. The van der Waals surface area contributed by atoms with Gasteiger partial charge in [-0.1, -0.05) is 18.2 Å². The van der Waals surface area contributed by atoms with Gasteiger partial charge in [-0.3, -0.25) is 9.78 Å². The Hall–Kier alpha value is -2.10. The van der Waals surface area contributed by atoms with E-state index in [0.29, 0.717) is 6.61 Å². The normalized spacial score (nSPS) is 10.3. The fourth-order valence-electron chi connectivity index (χ4n) is 1.77. The van der Waals surface area contributed by atoms with Crippen molar-refractivity contribution in [2.75, 3.05) is 18.5 Å². The number of ether oxygens (including phenoxy) is 1. The topological polar surface area (TPSA) is 51.2 Å². The predicted octanol–water partition coefficient (Wildman–Crippen LogP) is 2.52. The number of rotatable bonds is 4. The molecule has 18 heavy (non-hydrogen) atoms. The van der Waals surface area contributed by atoms with Crippen LogP contribution in [0.2, 0.25) is 0 Å². The van der Waals surface area contributed by atoms with Crippen molar-refractivity contribution in [1.29, 1.82) is 0 Å². The summed E-state index contributed by atoms with van der Waals surface area (Å²) in [6.45, 7) is 4.27. The Bertz CT molecular complexity index is 567. The Balaban J connectivity index is 2.17. The number of aryl methyl sites for hydroxylation is 1. The minimum absolute atomic E-state index is 0.161. The number of carbonyl (C=O) groups is 1. The van der Waals surface area contributed by atoms with Crippen LogP contribution in [0.1, 0.15) is 12.6 Å². The molecule has 1 aromatic carbocycles. The summed E-state index contributed by atoms with van der Waals surface area (Å²) in [5.74, 6) is -0.259. The van der Waals surface area contributed by atoms with E-state index in [9.17, 15) is 4.79 Å². The lowest BCUT2D eigenvalue weighted by Crippen LogP contribution is -2.17. The smallest absolute Gasteiger partial charge is 0.325 e. The van der Waals surface area contributed by atoms with Crippen LogP contribution < -0.4 is 5.32 Å². The maximum absolute atomic E-state index is 11.3. The molecule has 0 fully saturated rings. The Morgan fingerprint density at radius 3 is 2.94 bits per heavy atom. The molecule has 1 N–H and O–H groups in total. The summed E-state index contributed by atoms with van der Waals surface area (Å²) in [6, 6.07) is 9.89. The van der Waals surface area contributed by atoms with E-state index in [1.165, 1.54) is 0 Å². The molecule has 4 heteroatoms. The van der Waals surface area contributed by atoms with Crippen molar-refractivity contribution in [3.63, 3.8) is 0 Å². The van der Waals surface area contributed by atoms with Gasteiger partial charge in [-0.25, -0.2) is 0 Å². The van der Waals surface area contributed by atoms with Crippen molar-refractivity contribution in [2.24, 2.45) is 0 Å². The first-order valence-corrected chi connectivity index (χ1v) is 5.96. The number of benzene rings is 1. The highest BCUT2D eigenvalue weighted by molar-refractivity contribution is 5.83. The van der Waals surface area contributed by atoms with Gasteiger partial charge in [0.2, 0.25) is 0 Å². The molecule has 2 rings (SSSR count). The highest BCUT2D eigenvalue weighted by Crippen LogP contribution is 2.19. The van der Waals surface area contributed by atoms with Gasteiger partial charge in [-0.15, -0.1) is 0 Å². The number of esters is 1. The van der Waals surface area contributed by atoms with E-state index in [1.54, 1.807) is 6.92 Å². The monoisotopic (exact) mass is 244 g/mol. The third-order valence-electron chi connectivity index (χ3n) is 2.64. The standard InChI is InChI=1S/C14H16N2O2/c1-3-18-14(17)9-15-13-8-11-6-4-5-7-12(11)16-10(13)2/h4-8,15H,3,9H2,1-2H3. The van der Waals surface area contributed by atoms with E-state index in [-0.39, 0.29) is 12.5 Å². The maximum atomic E-state index is 11.3.